The fourth-order valence-electron chi connectivity index (χ4n) is 2.51. The first kappa shape index (κ1) is 11.9. The molecule has 16 heavy (non-hydrogen) atoms. The molecule has 2 rings (SSSR count). The third-order valence-corrected chi connectivity index (χ3v) is 3.93. The van der Waals surface area contributed by atoms with Crippen molar-refractivity contribution in [2.24, 2.45) is 0 Å². The van der Waals surface area contributed by atoms with Crippen LogP contribution in [0.5, 0.6) is 0 Å². The van der Waals surface area contributed by atoms with Crippen molar-refractivity contribution in [2.75, 3.05) is 20.2 Å². The highest BCUT2D eigenvalue weighted by Crippen LogP contribution is 2.30. The van der Waals surface area contributed by atoms with Gasteiger partial charge in [-0.1, -0.05) is 0 Å². The van der Waals surface area contributed by atoms with Gasteiger partial charge in [-0.15, -0.1) is 0 Å². The predicted octanol–water partition coefficient (Wildman–Crippen LogP) is 0.452. The number of amides is 1. The van der Waals surface area contributed by atoms with Gasteiger partial charge >= 0.3 is 0 Å². The van der Waals surface area contributed by atoms with E-state index in [2.05, 4.69) is 11.8 Å². The van der Waals surface area contributed by atoms with Gasteiger partial charge in [0.05, 0.1) is 6.04 Å². The highest BCUT2D eigenvalue weighted by atomic mass is 16.3. The van der Waals surface area contributed by atoms with Crippen LogP contribution in [0.1, 0.15) is 32.6 Å². The average molecular weight is 226 g/mol. The summed E-state index contributed by atoms with van der Waals surface area (Å²) >= 11 is 0. The van der Waals surface area contributed by atoms with Gasteiger partial charge in [0.1, 0.15) is 0 Å². The van der Waals surface area contributed by atoms with Crippen LogP contribution in [0, 0.1) is 0 Å². The Labute approximate surface area is 97.2 Å². The lowest BCUT2D eigenvalue weighted by molar-refractivity contribution is -0.136. The normalized spacial score (nSPS) is 32.9. The van der Waals surface area contributed by atoms with Crippen molar-refractivity contribution < 1.29 is 9.90 Å². The van der Waals surface area contributed by atoms with Crippen LogP contribution in [0.3, 0.4) is 0 Å². The molecule has 1 saturated carbocycles. The number of aliphatic hydroxyl groups excluding tert-OH is 1. The van der Waals surface area contributed by atoms with E-state index in [1.165, 1.54) is 0 Å². The van der Waals surface area contributed by atoms with Gasteiger partial charge in [-0.3, -0.25) is 9.69 Å². The van der Waals surface area contributed by atoms with E-state index >= 15 is 0 Å². The summed E-state index contributed by atoms with van der Waals surface area (Å²) in [6.45, 7) is 3.14. The Kier molecular flexibility index (Phi) is 3.50. The Hall–Kier alpha value is -0.610. The first-order chi connectivity index (χ1) is 7.65. The quantitative estimate of drug-likeness (QED) is 0.760. The van der Waals surface area contributed by atoms with Crippen LogP contribution < -0.4 is 0 Å². The predicted molar refractivity (Wildman–Crippen MR) is 62.1 cm³/mol. The SMILES string of the molecule is CC1CCN(C2CC2)C(=O)C(CCO)N1C. The molecule has 0 aromatic carbocycles. The molecule has 1 heterocycles. The molecule has 0 bridgehead atoms. The molecule has 4 heteroatoms. The molecule has 0 aromatic heterocycles. The van der Waals surface area contributed by atoms with Gasteiger partial charge in [-0.25, -0.2) is 0 Å². The minimum Gasteiger partial charge on any atom is -0.396 e. The molecule has 0 aromatic rings. The minimum atomic E-state index is -0.122. The van der Waals surface area contributed by atoms with E-state index in [0.29, 0.717) is 18.5 Å². The molecular formula is C12H22N2O2. The van der Waals surface area contributed by atoms with Crippen molar-refractivity contribution in [3.05, 3.63) is 0 Å². The van der Waals surface area contributed by atoms with Crippen molar-refractivity contribution in [3.8, 4) is 0 Å². The lowest BCUT2D eigenvalue weighted by Crippen LogP contribution is -2.47. The van der Waals surface area contributed by atoms with E-state index in [0.717, 1.165) is 25.8 Å². The fraction of sp³-hybridized carbons (Fsp3) is 0.917. The Morgan fingerprint density at radius 2 is 2.06 bits per heavy atom. The number of hydrogen-bond acceptors (Lipinski definition) is 3. The summed E-state index contributed by atoms with van der Waals surface area (Å²) < 4.78 is 0. The van der Waals surface area contributed by atoms with Crippen molar-refractivity contribution in [1.82, 2.24) is 9.80 Å². The summed E-state index contributed by atoms with van der Waals surface area (Å²) in [7, 11) is 2.00. The third kappa shape index (κ3) is 2.23. The Balaban J connectivity index is 2.12. The molecule has 92 valence electrons. The number of rotatable bonds is 3. The van der Waals surface area contributed by atoms with Gasteiger partial charge in [0, 0.05) is 25.2 Å². The molecule has 2 unspecified atom stereocenters. The molecular weight excluding hydrogens is 204 g/mol. The van der Waals surface area contributed by atoms with Crippen LogP contribution in [-0.4, -0.2) is 59.1 Å². The molecule has 0 radical (unpaired) electrons. The molecule has 2 aliphatic rings. The summed E-state index contributed by atoms with van der Waals surface area (Å²) in [5, 5.41) is 9.08. The largest absolute Gasteiger partial charge is 0.396 e. The van der Waals surface area contributed by atoms with Crippen LogP contribution in [0.15, 0.2) is 0 Å². The second-order valence-corrected chi connectivity index (χ2v) is 5.09. The average Bonchev–Trinajstić information content (AvgIpc) is 3.08. The zero-order chi connectivity index (χ0) is 11.7. The molecule has 2 atom stereocenters. The van der Waals surface area contributed by atoms with E-state index < -0.39 is 0 Å². The second kappa shape index (κ2) is 4.72. The van der Waals surface area contributed by atoms with E-state index in [4.69, 9.17) is 5.11 Å². The van der Waals surface area contributed by atoms with Crippen molar-refractivity contribution in [1.29, 1.82) is 0 Å². The molecule has 1 aliphatic carbocycles. The van der Waals surface area contributed by atoms with Crippen molar-refractivity contribution >= 4 is 5.91 Å². The first-order valence-corrected chi connectivity index (χ1v) is 6.28. The second-order valence-electron chi connectivity index (χ2n) is 5.09. The van der Waals surface area contributed by atoms with Crippen molar-refractivity contribution in [2.45, 2.75) is 50.7 Å². The lowest BCUT2D eigenvalue weighted by Gasteiger charge is -2.30. The molecule has 1 N–H and O–H groups in total. The monoisotopic (exact) mass is 226 g/mol. The van der Waals surface area contributed by atoms with E-state index in [9.17, 15) is 4.79 Å². The van der Waals surface area contributed by atoms with Crippen LogP contribution >= 0.6 is 0 Å². The van der Waals surface area contributed by atoms with Gasteiger partial charge < -0.3 is 10.0 Å². The van der Waals surface area contributed by atoms with E-state index in [-0.39, 0.29) is 18.6 Å². The molecule has 1 amide bonds. The molecule has 2 fully saturated rings. The number of nitrogens with zero attached hydrogens (tertiary/aromatic N) is 2. The Morgan fingerprint density at radius 1 is 1.38 bits per heavy atom. The van der Waals surface area contributed by atoms with Gasteiger partial charge in [0.2, 0.25) is 5.91 Å². The molecule has 1 aliphatic heterocycles. The molecule has 0 spiro atoms. The summed E-state index contributed by atoms with van der Waals surface area (Å²) in [5.74, 6) is 0.225. The zero-order valence-electron chi connectivity index (χ0n) is 10.2. The smallest absolute Gasteiger partial charge is 0.240 e. The number of hydrogen-bond donors (Lipinski definition) is 1. The van der Waals surface area contributed by atoms with Crippen LogP contribution in [-0.2, 0) is 4.79 Å². The maximum Gasteiger partial charge on any atom is 0.240 e. The highest BCUT2D eigenvalue weighted by Gasteiger charge is 2.39. The number of carbonyl (C=O) groups excluding carboxylic acids is 1. The van der Waals surface area contributed by atoms with Crippen LogP contribution in [0.2, 0.25) is 0 Å². The standard InChI is InChI=1S/C12H22N2O2/c1-9-5-7-14(10-3-4-10)12(16)11(6-8-15)13(9)2/h9-11,15H,3-8H2,1-2H3. The molecule has 1 saturated heterocycles. The number of likely N-dealkylation sites (N-methyl/N-ethyl adjacent to an activating group) is 1. The van der Waals surface area contributed by atoms with Gasteiger partial charge in [-0.2, -0.15) is 0 Å². The van der Waals surface area contributed by atoms with Crippen molar-refractivity contribution in [3.63, 3.8) is 0 Å². The Bertz CT molecular complexity index is 266. The topological polar surface area (TPSA) is 43.8 Å². The lowest BCUT2D eigenvalue weighted by atomic mass is 10.1. The fourth-order valence-corrected chi connectivity index (χ4v) is 2.51. The summed E-state index contributed by atoms with van der Waals surface area (Å²) in [6, 6.07) is 0.791. The summed E-state index contributed by atoms with van der Waals surface area (Å²) in [6.07, 6.45) is 3.93. The highest BCUT2D eigenvalue weighted by molar-refractivity contribution is 5.82. The number of carbonyl (C=O) groups is 1. The van der Waals surface area contributed by atoms with Gasteiger partial charge in [0.15, 0.2) is 0 Å². The summed E-state index contributed by atoms with van der Waals surface area (Å²) in [4.78, 5) is 16.5. The summed E-state index contributed by atoms with van der Waals surface area (Å²) in [5.41, 5.74) is 0. The van der Waals surface area contributed by atoms with E-state index in [1.807, 2.05) is 11.9 Å². The molecule has 4 nitrogen and oxygen atoms in total. The number of aliphatic hydroxyl groups is 1. The minimum absolute atomic E-state index is 0.0893. The zero-order valence-corrected chi connectivity index (χ0v) is 10.2. The Morgan fingerprint density at radius 3 is 2.62 bits per heavy atom. The maximum atomic E-state index is 12.3. The van der Waals surface area contributed by atoms with E-state index in [1.54, 1.807) is 0 Å². The van der Waals surface area contributed by atoms with Crippen LogP contribution in [0.25, 0.3) is 0 Å². The maximum absolute atomic E-state index is 12.3. The third-order valence-electron chi connectivity index (χ3n) is 3.93. The van der Waals surface area contributed by atoms with Gasteiger partial charge in [0.25, 0.3) is 0 Å². The van der Waals surface area contributed by atoms with Crippen LogP contribution in [0.4, 0.5) is 0 Å². The first-order valence-electron chi connectivity index (χ1n) is 6.28. The van der Waals surface area contributed by atoms with Gasteiger partial charge in [-0.05, 0) is 39.7 Å².